The number of ether oxygens (including phenoxy) is 1. The number of benzene rings is 3. The normalized spacial score (nSPS) is 10.7. The van der Waals surface area contributed by atoms with Gasteiger partial charge in [-0.05, 0) is 42.3 Å². The highest BCUT2D eigenvalue weighted by atomic mass is 32.2. The predicted molar refractivity (Wildman–Crippen MR) is 136 cm³/mol. The molecular formula is C26H24N4O4S. The summed E-state index contributed by atoms with van der Waals surface area (Å²) in [5.74, 6) is -0.121. The van der Waals surface area contributed by atoms with Gasteiger partial charge in [0, 0.05) is 6.54 Å². The quantitative estimate of drug-likeness (QED) is 0.303. The van der Waals surface area contributed by atoms with Gasteiger partial charge >= 0.3 is 6.03 Å². The molecule has 4 aromatic rings. The molecule has 0 aliphatic carbocycles. The topological polar surface area (TPSA) is 102 Å². The van der Waals surface area contributed by atoms with Crippen LogP contribution in [0.25, 0.3) is 16.6 Å². The maximum atomic E-state index is 13.5. The third kappa shape index (κ3) is 5.70. The highest BCUT2D eigenvalue weighted by molar-refractivity contribution is 7.99. The fourth-order valence-electron chi connectivity index (χ4n) is 3.51. The molecule has 9 heteroatoms. The molecule has 0 bridgehead atoms. The molecule has 1 heterocycles. The second kappa shape index (κ2) is 10.9. The number of methoxy groups -OCH3 is 1. The van der Waals surface area contributed by atoms with Gasteiger partial charge in [0.2, 0.25) is 5.91 Å². The number of carbonyl (C=O) groups excluding carboxylic acids is 2. The van der Waals surface area contributed by atoms with Crippen molar-refractivity contribution in [3.05, 3.63) is 94.3 Å². The summed E-state index contributed by atoms with van der Waals surface area (Å²) in [4.78, 5) is 42.7. The van der Waals surface area contributed by atoms with Gasteiger partial charge in [-0.15, -0.1) is 0 Å². The number of nitrogens with zero attached hydrogens (tertiary/aromatic N) is 2. The van der Waals surface area contributed by atoms with Crippen molar-refractivity contribution >= 4 is 34.6 Å². The number of aromatic nitrogens is 2. The van der Waals surface area contributed by atoms with E-state index in [4.69, 9.17) is 4.74 Å². The number of rotatable bonds is 7. The molecule has 0 saturated carbocycles. The van der Waals surface area contributed by atoms with Gasteiger partial charge < -0.3 is 10.1 Å². The number of urea groups is 1. The average molecular weight is 489 g/mol. The fourth-order valence-corrected chi connectivity index (χ4v) is 4.32. The van der Waals surface area contributed by atoms with Gasteiger partial charge in [-0.25, -0.2) is 9.78 Å². The van der Waals surface area contributed by atoms with Crippen molar-refractivity contribution in [3.63, 3.8) is 0 Å². The van der Waals surface area contributed by atoms with E-state index >= 15 is 0 Å². The molecular weight excluding hydrogens is 464 g/mol. The molecule has 0 fully saturated rings. The lowest BCUT2D eigenvalue weighted by atomic mass is 10.2. The Kier molecular flexibility index (Phi) is 7.47. The summed E-state index contributed by atoms with van der Waals surface area (Å²) in [5.41, 5.74) is 2.62. The van der Waals surface area contributed by atoms with E-state index in [-0.39, 0.29) is 11.3 Å². The molecule has 178 valence electrons. The van der Waals surface area contributed by atoms with Crippen LogP contribution in [0.3, 0.4) is 0 Å². The van der Waals surface area contributed by atoms with Gasteiger partial charge in [0.25, 0.3) is 5.56 Å². The molecule has 0 unspecified atom stereocenters. The summed E-state index contributed by atoms with van der Waals surface area (Å²) in [6.45, 7) is 2.21. The van der Waals surface area contributed by atoms with Crippen LogP contribution in [-0.2, 0) is 11.3 Å². The van der Waals surface area contributed by atoms with Crippen molar-refractivity contribution in [1.29, 1.82) is 0 Å². The third-order valence-electron chi connectivity index (χ3n) is 5.20. The first-order valence-electron chi connectivity index (χ1n) is 10.9. The summed E-state index contributed by atoms with van der Waals surface area (Å²) in [7, 11) is 1.53. The largest absolute Gasteiger partial charge is 0.495 e. The number of carbonyl (C=O) groups is 2. The molecule has 0 aliphatic heterocycles. The van der Waals surface area contributed by atoms with Crippen LogP contribution in [0.5, 0.6) is 5.75 Å². The van der Waals surface area contributed by atoms with Crippen LogP contribution in [-0.4, -0.2) is 34.4 Å². The van der Waals surface area contributed by atoms with Gasteiger partial charge in [-0.3, -0.25) is 19.5 Å². The standard InChI is InChI=1S/C26H24N4O4S/c1-17-12-13-22(34-2)21(14-17)30-24(32)19-10-6-7-11-20(19)28-26(30)35-16-23(31)29-25(33)27-15-18-8-4-3-5-9-18/h3-14H,15-16H2,1-2H3,(H2,27,29,31,33). The number of amides is 3. The van der Waals surface area contributed by atoms with Crippen molar-refractivity contribution in [2.75, 3.05) is 12.9 Å². The maximum absolute atomic E-state index is 13.5. The number of fused-ring (bicyclic) bond motifs is 1. The molecule has 2 N–H and O–H groups in total. The van der Waals surface area contributed by atoms with Gasteiger partial charge in [0.05, 0.1) is 29.5 Å². The van der Waals surface area contributed by atoms with Crippen LogP contribution in [0, 0.1) is 6.92 Å². The number of nitrogens with one attached hydrogen (secondary N) is 2. The lowest BCUT2D eigenvalue weighted by Crippen LogP contribution is -2.40. The minimum atomic E-state index is -0.594. The van der Waals surface area contributed by atoms with E-state index in [0.29, 0.717) is 34.0 Å². The zero-order chi connectivity index (χ0) is 24.8. The van der Waals surface area contributed by atoms with Crippen LogP contribution >= 0.6 is 11.8 Å². The SMILES string of the molecule is COc1ccc(C)cc1-n1c(SCC(=O)NC(=O)NCc2ccccc2)nc2ccccc2c1=O. The molecule has 3 aromatic carbocycles. The summed E-state index contributed by atoms with van der Waals surface area (Å²) in [6, 6.07) is 21.3. The van der Waals surface area contributed by atoms with Gasteiger partial charge in [-0.1, -0.05) is 60.3 Å². The first-order chi connectivity index (χ1) is 17.0. The number of hydrogen-bond acceptors (Lipinski definition) is 6. The number of para-hydroxylation sites is 1. The number of imide groups is 1. The highest BCUT2D eigenvalue weighted by Crippen LogP contribution is 2.28. The van der Waals surface area contributed by atoms with E-state index in [1.807, 2.05) is 49.4 Å². The molecule has 35 heavy (non-hydrogen) atoms. The van der Waals surface area contributed by atoms with Crippen molar-refractivity contribution < 1.29 is 14.3 Å². The monoisotopic (exact) mass is 488 g/mol. The Balaban J connectivity index is 1.56. The average Bonchev–Trinajstić information content (AvgIpc) is 2.87. The third-order valence-corrected chi connectivity index (χ3v) is 6.14. The Hall–Kier alpha value is -4.11. The summed E-state index contributed by atoms with van der Waals surface area (Å²) in [6.07, 6.45) is 0. The first kappa shape index (κ1) is 24.0. The van der Waals surface area contributed by atoms with Crippen LogP contribution in [0.4, 0.5) is 4.79 Å². The number of aryl methyl sites for hydroxylation is 1. The zero-order valence-corrected chi connectivity index (χ0v) is 20.1. The Morgan fingerprint density at radius 3 is 2.54 bits per heavy atom. The molecule has 0 atom stereocenters. The van der Waals surface area contributed by atoms with Crippen LogP contribution in [0.2, 0.25) is 0 Å². The Morgan fingerprint density at radius 1 is 1.03 bits per heavy atom. The lowest BCUT2D eigenvalue weighted by Gasteiger charge is -2.16. The predicted octanol–water partition coefficient (Wildman–Crippen LogP) is 3.82. The summed E-state index contributed by atoms with van der Waals surface area (Å²) >= 11 is 1.06. The second-order valence-electron chi connectivity index (χ2n) is 7.73. The van der Waals surface area contributed by atoms with Crippen molar-refractivity contribution in [3.8, 4) is 11.4 Å². The summed E-state index contributed by atoms with van der Waals surface area (Å²) < 4.78 is 6.94. The minimum absolute atomic E-state index is 0.113. The van der Waals surface area contributed by atoms with Gasteiger partial charge in [0.1, 0.15) is 5.75 Å². The van der Waals surface area contributed by atoms with E-state index in [1.165, 1.54) is 11.7 Å². The van der Waals surface area contributed by atoms with E-state index in [9.17, 15) is 14.4 Å². The molecule has 3 amide bonds. The van der Waals surface area contributed by atoms with Crippen molar-refractivity contribution in [1.82, 2.24) is 20.2 Å². The van der Waals surface area contributed by atoms with Crippen molar-refractivity contribution in [2.24, 2.45) is 0 Å². The van der Waals surface area contributed by atoms with E-state index < -0.39 is 11.9 Å². The van der Waals surface area contributed by atoms with E-state index in [1.54, 1.807) is 30.3 Å². The van der Waals surface area contributed by atoms with Crippen molar-refractivity contribution in [2.45, 2.75) is 18.6 Å². The Bertz CT molecular complexity index is 1440. The maximum Gasteiger partial charge on any atom is 0.321 e. The smallest absolute Gasteiger partial charge is 0.321 e. The number of hydrogen-bond donors (Lipinski definition) is 2. The fraction of sp³-hybridized carbons (Fsp3) is 0.154. The van der Waals surface area contributed by atoms with E-state index in [0.717, 1.165) is 22.9 Å². The van der Waals surface area contributed by atoms with Crippen LogP contribution < -0.4 is 20.9 Å². The lowest BCUT2D eigenvalue weighted by molar-refractivity contribution is -0.117. The number of thioether (sulfide) groups is 1. The molecule has 4 rings (SSSR count). The molecule has 0 spiro atoms. The molecule has 0 radical (unpaired) electrons. The molecule has 0 aliphatic rings. The molecule has 8 nitrogen and oxygen atoms in total. The molecule has 1 aromatic heterocycles. The highest BCUT2D eigenvalue weighted by Gasteiger charge is 2.18. The van der Waals surface area contributed by atoms with Crippen LogP contribution in [0.15, 0.2) is 82.7 Å². The minimum Gasteiger partial charge on any atom is -0.495 e. The van der Waals surface area contributed by atoms with Gasteiger partial charge in [-0.2, -0.15) is 0 Å². The molecule has 0 saturated heterocycles. The van der Waals surface area contributed by atoms with E-state index in [2.05, 4.69) is 15.6 Å². The van der Waals surface area contributed by atoms with Gasteiger partial charge in [0.15, 0.2) is 5.16 Å². The Morgan fingerprint density at radius 2 is 1.77 bits per heavy atom. The second-order valence-corrected chi connectivity index (χ2v) is 8.68. The first-order valence-corrected chi connectivity index (χ1v) is 11.9. The Labute approximate surface area is 206 Å². The zero-order valence-electron chi connectivity index (χ0n) is 19.3. The summed E-state index contributed by atoms with van der Waals surface area (Å²) in [5, 5.41) is 5.73. The van der Waals surface area contributed by atoms with Crippen LogP contribution in [0.1, 0.15) is 11.1 Å².